The Morgan fingerprint density at radius 3 is 1.45 bits per heavy atom. The minimum absolute atomic E-state index is 0.0649. The Balaban J connectivity index is 2.49. The van der Waals surface area contributed by atoms with Crippen LogP contribution in [-0.2, 0) is 9.59 Å². The van der Waals surface area contributed by atoms with Gasteiger partial charge in [0.05, 0.1) is 13.2 Å². The number of benzene rings is 2. The van der Waals surface area contributed by atoms with Crippen LogP contribution in [0.2, 0.25) is 0 Å². The predicted octanol–water partition coefficient (Wildman–Crippen LogP) is 5.99. The highest BCUT2D eigenvalue weighted by atomic mass is 16.5. The first-order valence-electron chi connectivity index (χ1n) is 11.0. The highest BCUT2D eigenvalue weighted by molar-refractivity contribution is 5.89. The Labute approximate surface area is 195 Å². The van der Waals surface area contributed by atoms with Crippen molar-refractivity contribution in [2.75, 3.05) is 13.2 Å². The molecule has 0 amide bonds. The molecule has 6 nitrogen and oxygen atoms in total. The summed E-state index contributed by atoms with van der Waals surface area (Å²) in [5, 5.41) is 0. The molecule has 0 saturated carbocycles. The van der Waals surface area contributed by atoms with Gasteiger partial charge in [-0.25, -0.2) is 9.59 Å². The lowest BCUT2D eigenvalue weighted by atomic mass is 9.87. The molecular formula is C27H32O6. The molecule has 0 atom stereocenters. The van der Waals surface area contributed by atoms with Crippen molar-refractivity contribution in [1.82, 2.24) is 0 Å². The van der Waals surface area contributed by atoms with E-state index in [4.69, 9.17) is 18.9 Å². The molecule has 0 N–H and O–H groups in total. The second-order valence-corrected chi connectivity index (χ2v) is 7.57. The summed E-state index contributed by atoms with van der Waals surface area (Å²) < 4.78 is 22.5. The Bertz CT molecular complexity index is 955. The molecule has 0 aliphatic rings. The first kappa shape index (κ1) is 25.7. The minimum Gasteiger partial charge on any atom is -0.493 e. The number of carbonyl (C=O) groups excluding carboxylic acids is 2. The van der Waals surface area contributed by atoms with Gasteiger partial charge in [-0.05, 0) is 46.2 Å². The Morgan fingerprint density at radius 2 is 1.15 bits per heavy atom. The van der Waals surface area contributed by atoms with Crippen molar-refractivity contribution in [2.45, 2.75) is 47.0 Å². The average Bonchev–Trinajstić information content (AvgIpc) is 2.77. The van der Waals surface area contributed by atoms with E-state index < -0.39 is 11.9 Å². The number of hydrogen-bond donors (Lipinski definition) is 0. The van der Waals surface area contributed by atoms with Crippen molar-refractivity contribution >= 4 is 11.9 Å². The van der Waals surface area contributed by atoms with Crippen molar-refractivity contribution < 1.29 is 28.5 Å². The molecule has 0 heterocycles. The summed E-state index contributed by atoms with van der Waals surface area (Å²) in [5.74, 6) is 0.971. The minimum atomic E-state index is -0.490. The fourth-order valence-electron chi connectivity index (χ4n) is 3.29. The highest BCUT2D eigenvalue weighted by Crippen LogP contribution is 2.41. The van der Waals surface area contributed by atoms with Crippen molar-refractivity contribution in [3.8, 4) is 23.0 Å². The van der Waals surface area contributed by atoms with E-state index in [-0.39, 0.29) is 5.92 Å². The first-order chi connectivity index (χ1) is 15.7. The largest absolute Gasteiger partial charge is 0.493 e. The Hall–Kier alpha value is -3.54. The molecule has 0 unspecified atom stereocenters. The molecule has 33 heavy (non-hydrogen) atoms. The zero-order valence-electron chi connectivity index (χ0n) is 20.0. The maximum absolute atomic E-state index is 11.9. The van der Waals surface area contributed by atoms with E-state index in [1.807, 2.05) is 26.0 Å². The molecular weight excluding hydrogens is 420 g/mol. The van der Waals surface area contributed by atoms with Gasteiger partial charge in [-0.1, -0.05) is 32.2 Å². The van der Waals surface area contributed by atoms with E-state index in [0.29, 0.717) is 47.4 Å². The lowest BCUT2D eigenvalue weighted by molar-refractivity contribution is -0.130. The van der Waals surface area contributed by atoms with Crippen molar-refractivity contribution in [1.29, 1.82) is 0 Å². The van der Waals surface area contributed by atoms with E-state index >= 15 is 0 Å². The average molecular weight is 453 g/mol. The molecule has 0 saturated heterocycles. The van der Waals surface area contributed by atoms with Gasteiger partial charge < -0.3 is 18.9 Å². The molecule has 0 aliphatic heterocycles. The van der Waals surface area contributed by atoms with E-state index in [9.17, 15) is 9.59 Å². The maximum Gasteiger partial charge on any atom is 0.338 e. The van der Waals surface area contributed by atoms with Crippen LogP contribution in [0.3, 0.4) is 0 Å². The van der Waals surface area contributed by atoms with Gasteiger partial charge in [0, 0.05) is 40.3 Å². The van der Waals surface area contributed by atoms with Crippen LogP contribution in [0, 0.1) is 0 Å². The second kappa shape index (κ2) is 11.9. The van der Waals surface area contributed by atoms with Crippen molar-refractivity contribution in [3.05, 3.63) is 71.8 Å². The van der Waals surface area contributed by atoms with Gasteiger partial charge in [0.1, 0.15) is 23.0 Å². The van der Waals surface area contributed by atoms with Crippen LogP contribution in [0.5, 0.6) is 23.0 Å². The lowest BCUT2D eigenvalue weighted by Gasteiger charge is -2.23. The third-order valence-corrected chi connectivity index (χ3v) is 4.85. The highest BCUT2D eigenvalue weighted by Gasteiger charge is 2.23. The van der Waals surface area contributed by atoms with Gasteiger partial charge in [-0.15, -0.1) is 0 Å². The topological polar surface area (TPSA) is 71.1 Å². The molecule has 2 aromatic rings. The smallest absolute Gasteiger partial charge is 0.338 e. The molecule has 0 aliphatic carbocycles. The van der Waals surface area contributed by atoms with Crippen LogP contribution < -0.4 is 18.9 Å². The van der Waals surface area contributed by atoms with Crippen LogP contribution in [0.1, 0.15) is 58.1 Å². The van der Waals surface area contributed by atoms with Crippen LogP contribution in [0.15, 0.2) is 60.7 Å². The molecule has 6 heteroatoms. The van der Waals surface area contributed by atoms with Gasteiger partial charge in [0.2, 0.25) is 0 Å². The van der Waals surface area contributed by atoms with Gasteiger partial charge in [0.15, 0.2) is 0 Å². The van der Waals surface area contributed by atoms with Crippen molar-refractivity contribution in [3.63, 3.8) is 0 Å². The van der Waals surface area contributed by atoms with Gasteiger partial charge in [0.25, 0.3) is 0 Å². The lowest BCUT2D eigenvalue weighted by Crippen LogP contribution is -2.11. The second-order valence-electron chi connectivity index (χ2n) is 7.57. The van der Waals surface area contributed by atoms with Gasteiger partial charge >= 0.3 is 11.9 Å². The molecule has 0 radical (unpaired) electrons. The van der Waals surface area contributed by atoms with Crippen LogP contribution in [0.25, 0.3) is 0 Å². The molecule has 0 bridgehead atoms. The van der Waals surface area contributed by atoms with E-state index in [1.165, 1.54) is 0 Å². The summed E-state index contributed by atoms with van der Waals surface area (Å²) in [7, 11) is 0. The predicted molar refractivity (Wildman–Crippen MR) is 128 cm³/mol. The zero-order chi connectivity index (χ0) is 24.5. The summed E-state index contributed by atoms with van der Waals surface area (Å²) in [6.45, 7) is 17.2. The molecule has 176 valence electrons. The normalized spacial score (nSPS) is 10.5. The third-order valence-electron chi connectivity index (χ3n) is 4.85. The number of carbonyl (C=O) groups is 2. The summed E-state index contributed by atoms with van der Waals surface area (Å²) in [6.07, 6.45) is 0.760. The SMILES string of the molecule is C=C(C)C(=O)Oc1ccc(C(CC)c2ccc(OC(=O)C(=C)C)cc2OCC)c(OCC)c1. The quantitative estimate of drug-likeness (QED) is 0.237. The summed E-state index contributed by atoms with van der Waals surface area (Å²) >= 11 is 0. The van der Waals surface area contributed by atoms with E-state index in [0.717, 1.165) is 17.5 Å². The van der Waals surface area contributed by atoms with Crippen molar-refractivity contribution in [2.24, 2.45) is 0 Å². The van der Waals surface area contributed by atoms with Crippen LogP contribution in [-0.4, -0.2) is 25.2 Å². The molecule has 0 spiro atoms. The van der Waals surface area contributed by atoms with Gasteiger partial charge in [-0.2, -0.15) is 0 Å². The maximum atomic E-state index is 11.9. The molecule has 2 aromatic carbocycles. The first-order valence-corrected chi connectivity index (χ1v) is 11.0. The monoisotopic (exact) mass is 452 g/mol. The fourth-order valence-corrected chi connectivity index (χ4v) is 3.29. The molecule has 0 fully saturated rings. The molecule has 2 rings (SSSR count). The molecule has 0 aromatic heterocycles. The van der Waals surface area contributed by atoms with Gasteiger partial charge in [-0.3, -0.25) is 0 Å². The number of ether oxygens (including phenoxy) is 4. The zero-order valence-corrected chi connectivity index (χ0v) is 20.0. The standard InChI is InChI=1S/C27H32O6/c1-8-21(22-13-11-19(15-24(22)30-9-2)32-26(28)17(4)5)23-14-12-20(16-25(23)31-10-3)33-27(29)18(6)7/h11-16,21H,4,6,8-10H2,1-3,5,7H3. The summed E-state index contributed by atoms with van der Waals surface area (Å²) in [4.78, 5) is 23.8. The Kier molecular flexibility index (Phi) is 9.28. The fraction of sp³-hybridized carbons (Fsp3) is 0.333. The Morgan fingerprint density at radius 1 is 0.758 bits per heavy atom. The van der Waals surface area contributed by atoms with E-state index in [1.54, 1.807) is 38.1 Å². The summed E-state index contributed by atoms with van der Waals surface area (Å²) in [5.41, 5.74) is 2.50. The third kappa shape index (κ3) is 6.72. The summed E-state index contributed by atoms with van der Waals surface area (Å²) in [6, 6.07) is 10.7. The number of hydrogen-bond acceptors (Lipinski definition) is 6. The number of esters is 2. The van der Waals surface area contributed by atoms with Crippen LogP contribution >= 0.6 is 0 Å². The number of rotatable bonds is 11. The van der Waals surface area contributed by atoms with E-state index in [2.05, 4.69) is 20.1 Å². The van der Waals surface area contributed by atoms with Crippen LogP contribution in [0.4, 0.5) is 0 Å².